The zero-order valence-electron chi connectivity index (χ0n) is 13.5. The maximum absolute atomic E-state index is 4.80. The number of halogens is 1. The van der Waals surface area contributed by atoms with Gasteiger partial charge in [-0.1, -0.05) is 13.8 Å². The fraction of sp³-hybridized carbons (Fsp3) is 0.733. The SMILES string of the molecule is CCCNc1nc(C2CN(C)CCN2C)nc(CC)c1Br. The molecule has 1 aliphatic heterocycles. The molecular formula is C15H26BrN5. The van der Waals surface area contributed by atoms with Gasteiger partial charge in [-0.2, -0.15) is 0 Å². The molecule has 0 aliphatic carbocycles. The Morgan fingerprint density at radius 1 is 1.24 bits per heavy atom. The van der Waals surface area contributed by atoms with Crippen LogP contribution in [0.1, 0.15) is 37.8 Å². The molecule has 0 aromatic carbocycles. The van der Waals surface area contributed by atoms with E-state index in [1.54, 1.807) is 0 Å². The topological polar surface area (TPSA) is 44.3 Å². The Morgan fingerprint density at radius 3 is 2.67 bits per heavy atom. The summed E-state index contributed by atoms with van der Waals surface area (Å²) in [6.07, 6.45) is 1.99. The number of nitrogens with one attached hydrogen (secondary N) is 1. The lowest BCUT2D eigenvalue weighted by atomic mass is 10.1. The first-order valence-electron chi connectivity index (χ1n) is 7.75. The summed E-state index contributed by atoms with van der Waals surface area (Å²) in [7, 11) is 4.32. The molecule has 0 amide bonds. The largest absolute Gasteiger partial charge is 0.369 e. The summed E-state index contributed by atoms with van der Waals surface area (Å²) in [5, 5.41) is 3.41. The van der Waals surface area contributed by atoms with Crippen molar-refractivity contribution >= 4 is 21.7 Å². The zero-order chi connectivity index (χ0) is 15.4. The molecule has 2 rings (SSSR count). The first-order valence-corrected chi connectivity index (χ1v) is 8.55. The van der Waals surface area contributed by atoms with Crippen molar-refractivity contribution in [1.29, 1.82) is 0 Å². The maximum atomic E-state index is 4.80. The number of rotatable bonds is 5. The van der Waals surface area contributed by atoms with Crippen molar-refractivity contribution in [2.45, 2.75) is 32.7 Å². The highest BCUT2D eigenvalue weighted by Crippen LogP contribution is 2.28. The van der Waals surface area contributed by atoms with Crippen LogP contribution in [-0.2, 0) is 6.42 Å². The van der Waals surface area contributed by atoms with Crippen molar-refractivity contribution in [3.05, 3.63) is 16.0 Å². The minimum absolute atomic E-state index is 0.268. The van der Waals surface area contributed by atoms with Crippen LogP contribution >= 0.6 is 15.9 Å². The normalized spacial score (nSPS) is 20.7. The molecule has 1 fully saturated rings. The Hall–Kier alpha value is -0.720. The molecule has 0 saturated carbocycles. The maximum Gasteiger partial charge on any atom is 0.149 e. The second-order valence-electron chi connectivity index (χ2n) is 5.73. The highest BCUT2D eigenvalue weighted by atomic mass is 79.9. The summed E-state index contributed by atoms with van der Waals surface area (Å²) in [4.78, 5) is 14.3. The van der Waals surface area contributed by atoms with Crippen molar-refractivity contribution in [3.63, 3.8) is 0 Å². The molecule has 0 radical (unpaired) electrons. The number of aryl methyl sites for hydroxylation is 1. The van der Waals surface area contributed by atoms with E-state index in [1.807, 2.05) is 0 Å². The van der Waals surface area contributed by atoms with E-state index >= 15 is 0 Å². The summed E-state index contributed by atoms with van der Waals surface area (Å²) >= 11 is 3.65. The zero-order valence-corrected chi connectivity index (χ0v) is 15.1. The Kier molecular flexibility index (Phi) is 5.96. The lowest BCUT2D eigenvalue weighted by Crippen LogP contribution is -2.45. The molecule has 2 heterocycles. The predicted molar refractivity (Wildman–Crippen MR) is 90.8 cm³/mol. The van der Waals surface area contributed by atoms with Crippen molar-refractivity contribution in [1.82, 2.24) is 19.8 Å². The highest BCUT2D eigenvalue weighted by molar-refractivity contribution is 9.10. The van der Waals surface area contributed by atoms with E-state index < -0.39 is 0 Å². The quantitative estimate of drug-likeness (QED) is 0.879. The van der Waals surface area contributed by atoms with Crippen LogP contribution in [-0.4, -0.2) is 60.0 Å². The smallest absolute Gasteiger partial charge is 0.149 e. The van der Waals surface area contributed by atoms with Crippen LogP contribution in [0, 0.1) is 0 Å². The first-order chi connectivity index (χ1) is 10.1. The molecule has 1 aliphatic rings. The van der Waals surface area contributed by atoms with Crippen molar-refractivity contribution in [2.75, 3.05) is 45.6 Å². The molecule has 6 heteroatoms. The van der Waals surface area contributed by atoms with E-state index in [0.29, 0.717) is 0 Å². The number of likely N-dealkylation sites (N-methyl/N-ethyl adjacent to an activating group) is 2. The number of hydrogen-bond acceptors (Lipinski definition) is 5. The molecule has 21 heavy (non-hydrogen) atoms. The summed E-state index contributed by atoms with van der Waals surface area (Å²) in [6, 6.07) is 0.268. The molecule has 5 nitrogen and oxygen atoms in total. The average molecular weight is 356 g/mol. The molecule has 1 saturated heterocycles. The van der Waals surface area contributed by atoms with Crippen LogP contribution in [0.3, 0.4) is 0 Å². The molecule has 1 aromatic heterocycles. The second kappa shape index (κ2) is 7.51. The Bertz CT molecular complexity index is 479. The minimum Gasteiger partial charge on any atom is -0.369 e. The van der Waals surface area contributed by atoms with Gasteiger partial charge in [0.1, 0.15) is 11.6 Å². The van der Waals surface area contributed by atoms with Gasteiger partial charge in [-0.05, 0) is 42.9 Å². The summed E-state index contributed by atoms with van der Waals surface area (Å²) in [5.74, 6) is 1.86. The van der Waals surface area contributed by atoms with Crippen LogP contribution < -0.4 is 5.32 Å². The average Bonchev–Trinajstić information content (AvgIpc) is 2.48. The first kappa shape index (κ1) is 16.6. The molecule has 1 unspecified atom stereocenters. The van der Waals surface area contributed by atoms with Crippen LogP contribution in [0.25, 0.3) is 0 Å². The second-order valence-corrected chi connectivity index (χ2v) is 6.52. The molecular weight excluding hydrogens is 330 g/mol. The fourth-order valence-electron chi connectivity index (χ4n) is 2.55. The number of anilines is 1. The van der Waals surface area contributed by atoms with Gasteiger partial charge >= 0.3 is 0 Å². The van der Waals surface area contributed by atoms with E-state index in [9.17, 15) is 0 Å². The van der Waals surface area contributed by atoms with Gasteiger partial charge in [-0.25, -0.2) is 9.97 Å². The third-order valence-electron chi connectivity index (χ3n) is 3.96. The van der Waals surface area contributed by atoms with Gasteiger partial charge in [0.2, 0.25) is 0 Å². The van der Waals surface area contributed by atoms with Crippen molar-refractivity contribution in [3.8, 4) is 0 Å². The van der Waals surface area contributed by atoms with Gasteiger partial charge in [0.05, 0.1) is 16.2 Å². The van der Waals surface area contributed by atoms with Crippen LogP contribution in [0.5, 0.6) is 0 Å². The van der Waals surface area contributed by atoms with E-state index in [4.69, 9.17) is 9.97 Å². The summed E-state index contributed by atoms with van der Waals surface area (Å²) in [6.45, 7) is 8.36. The van der Waals surface area contributed by atoms with Gasteiger partial charge in [0.25, 0.3) is 0 Å². The fourth-order valence-corrected chi connectivity index (χ4v) is 3.14. The minimum atomic E-state index is 0.268. The number of piperazine rings is 1. The monoisotopic (exact) mass is 355 g/mol. The molecule has 0 bridgehead atoms. The lowest BCUT2D eigenvalue weighted by molar-refractivity contribution is 0.109. The molecule has 118 valence electrons. The molecule has 1 N–H and O–H groups in total. The predicted octanol–water partition coefficient (Wildman–Crippen LogP) is 2.54. The Labute approximate surface area is 136 Å². The van der Waals surface area contributed by atoms with Crippen LogP contribution in [0.2, 0.25) is 0 Å². The number of nitrogens with zero attached hydrogens (tertiary/aromatic N) is 4. The van der Waals surface area contributed by atoms with Crippen LogP contribution in [0.4, 0.5) is 5.82 Å². The highest BCUT2D eigenvalue weighted by Gasteiger charge is 2.27. The van der Waals surface area contributed by atoms with E-state index in [-0.39, 0.29) is 6.04 Å². The Balaban J connectivity index is 2.33. The van der Waals surface area contributed by atoms with E-state index in [0.717, 1.165) is 60.8 Å². The Morgan fingerprint density at radius 2 is 2.00 bits per heavy atom. The lowest BCUT2D eigenvalue weighted by Gasteiger charge is -2.37. The molecule has 1 atom stereocenters. The standard InChI is InChI=1S/C15H26BrN5/c1-5-7-17-15-13(16)11(6-2)18-14(19-15)12-10-20(3)8-9-21(12)4/h12H,5-10H2,1-4H3,(H,17,18,19). The van der Waals surface area contributed by atoms with Crippen molar-refractivity contribution in [2.24, 2.45) is 0 Å². The van der Waals surface area contributed by atoms with E-state index in [1.165, 1.54) is 0 Å². The number of hydrogen-bond donors (Lipinski definition) is 1. The molecule has 0 spiro atoms. The van der Waals surface area contributed by atoms with Gasteiger partial charge in [-0.3, -0.25) is 4.90 Å². The van der Waals surface area contributed by atoms with Crippen molar-refractivity contribution < 1.29 is 0 Å². The summed E-state index contributed by atoms with van der Waals surface area (Å²) < 4.78 is 1.01. The van der Waals surface area contributed by atoms with Gasteiger partial charge in [0, 0.05) is 26.2 Å². The third kappa shape index (κ3) is 3.93. The summed E-state index contributed by atoms with van der Waals surface area (Å²) in [5.41, 5.74) is 1.08. The van der Waals surface area contributed by atoms with E-state index in [2.05, 4.69) is 59.0 Å². The van der Waals surface area contributed by atoms with Gasteiger partial charge in [0.15, 0.2) is 0 Å². The van der Waals surface area contributed by atoms with Gasteiger partial charge < -0.3 is 10.2 Å². The van der Waals surface area contributed by atoms with Gasteiger partial charge in [-0.15, -0.1) is 0 Å². The molecule has 1 aromatic rings. The third-order valence-corrected chi connectivity index (χ3v) is 4.80. The van der Waals surface area contributed by atoms with Crippen LogP contribution in [0.15, 0.2) is 4.47 Å². The number of aromatic nitrogens is 2.